The fraction of sp³-hybridized carbons (Fsp3) is 0.500. The number of nitrogens with zero attached hydrogens (tertiary/aromatic N) is 2. The van der Waals surface area contributed by atoms with E-state index in [4.69, 9.17) is 9.84 Å². The van der Waals surface area contributed by atoms with E-state index in [0.29, 0.717) is 18.1 Å². The predicted molar refractivity (Wildman–Crippen MR) is 61.9 cm³/mol. The molecule has 0 aromatic carbocycles. The van der Waals surface area contributed by atoms with E-state index in [1.54, 1.807) is 19.1 Å². The van der Waals surface area contributed by atoms with Gasteiger partial charge in [-0.15, -0.1) is 10.2 Å². The molecule has 1 atom stereocenters. The van der Waals surface area contributed by atoms with E-state index >= 15 is 0 Å². The molecule has 94 valence electrons. The largest absolute Gasteiger partial charge is 0.480 e. The molecule has 0 saturated heterocycles. The molecule has 0 aliphatic rings. The van der Waals surface area contributed by atoms with Gasteiger partial charge < -0.3 is 15.2 Å². The lowest BCUT2D eigenvalue weighted by Crippen LogP contribution is -2.36. The van der Waals surface area contributed by atoms with Crippen LogP contribution in [-0.2, 0) is 0 Å². The Kier molecular flexibility index (Phi) is 5.15. The van der Waals surface area contributed by atoms with E-state index in [2.05, 4.69) is 20.8 Å². The lowest BCUT2D eigenvalue weighted by molar-refractivity contribution is 0.241. The van der Waals surface area contributed by atoms with Crippen molar-refractivity contribution in [2.75, 3.05) is 19.0 Å². The number of carbonyl (C=O) groups is 1. The molecule has 0 spiro atoms. The van der Waals surface area contributed by atoms with Crippen LogP contribution in [0.25, 0.3) is 0 Å². The molecule has 0 unspecified atom stereocenters. The zero-order chi connectivity index (χ0) is 12.7. The number of urea groups is 1. The zero-order valence-electron chi connectivity index (χ0n) is 9.80. The zero-order valence-corrected chi connectivity index (χ0v) is 9.80. The Morgan fingerprint density at radius 3 is 2.82 bits per heavy atom. The molecule has 0 aliphatic carbocycles. The van der Waals surface area contributed by atoms with Gasteiger partial charge in [0.2, 0.25) is 5.88 Å². The van der Waals surface area contributed by atoms with Crippen LogP contribution in [0.1, 0.15) is 13.3 Å². The van der Waals surface area contributed by atoms with Crippen molar-refractivity contribution in [1.82, 2.24) is 15.5 Å². The van der Waals surface area contributed by atoms with Gasteiger partial charge >= 0.3 is 6.03 Å². The minimum absolute atomic E-state index is 0.0315. The molecule has 0 fully saturated rings. The Morgan fingerprint density at radius 1 is 1.53 bits per heavy atom. The average Bonchev–Trinajstić information content (AvgIpc) is 2.30. The normalized spacial score (nSPS) is 11.7. The third-order valence-corrected chi connectivity index (χ3v) is 2.03. The summed E-state index contributed by atoms with van der Waals surface area (Å²) in [6.07, 6.45) is 0.502. The van der Waals surface area contributed by atoms with Crippen molar-refractivity contribution in [2.24, 2.45) is 0 Å². The highest BCUT2D eigenvalue weighted by molar-refractivity contribution is 5.88. The summed E-state index contributed by atoms with van der Waals surface area (Å²) in [4.78, 5) is 11.4. The van der Waals surface area contributed by atoms with Crippen LogP contribution in [0, 0.1) is 0 Å². The molecule has 1 aromatic rings. The van der Waals surface area contributed by atoms with Crippen LogP contribution in [0.15, 0.2) is 12.1 Å². The Hall–Kier alpha value is -1.89. The van der Waals surface area contributed by atoms with Crippen LogP contribution in [0.3, 0.4) is 0 Å². The van der Waals surface area contributed by atoms with E-state index < -0.39 is 0 Å². The topological polar surface area (TPSA) is 96.4 Å². The van der Waals surface area contributed by atoms with Gasteiger partial charge in [0.25, 0.3) is 0 Å². The van der Waals surface area contributed by atoms with Gasteiger partial charge in [-0.05, 0) is 19.4 Å². The number of aromatic nitrogens is 2. The monoisotopic (exact) mass is 240 g/mol. The number of rotatable bonds is 5. The molecule has 7 heteroatoms. The molecule has 0 bridgehead atoms. The summed E-state index contributed by atoms with van der Waals surface area (Å²) in [5.74, 6) is 0.712. The first-order valence-corrected chi connectivity index (χ1v) is 5.21. The second-order valence-electron chi connectivity index (χ2n) is 3.47. The maximum atomic E-state index is 11.4. The minimum Gasteiger partial charge on any atom is -0.480 e. The summed E-state index contributed by atoms with van der Waals surface area (Å²) in [5, 5.41) is 21.3. The third kappa shape index (κ3) is 4.64. The number of hydrogen-bond donors (Lipinski definition) is 3. The number of aliphatic hydroxyl groups excluding tert-OH is 1. The Balaban J connectivity index is 2.44. The highest BCUT2D eigenvalue weighted by Crippen LogP contribution is 2.06. The van der Waals surface area contributed by atoms with Crippen molar-refractivity contribution in [1.29, 1.82) is 0 Å². The summed E-state index contributed by atoms with van der Waals surface area (Å²) >= 11 is 0. The molecule has 0 radical (unpaired) electrons. The summed E-state index contributed by atoms with van der Waals surface area (Å²) in [6.45, 7) is 1.83. The number of amides is 2. The van der Waals surface area contributed by atoms with Crippen LogP contribution in [0.4, 0.5) is 10.6 Å². The van der Waals surface area contributed by atoms with Gasteiger partial charge in [-0.2, -0.15) is 0 Å². The number of carbonyl (C=O) groups excluding carboxylic acids is 1. The van der Waals surface area contributed by atoms with Crippen molar-refractivity contribution in [3.63, 3.8) is 0 Å². The van der Waals surface area contributed by atoms with E-state index in [1.165, 1.54) is 7.11 Å². The quantitative estimate of drug-likeness (QED) is 0.691. The Morgan fingerprint density at radius 2 is 2.29 bits per heavy atom. The van der Waals surface area contributed by atoms with Crippen LogP contribution >= 0.6 is 0 Å². The molecule has 3 N–H and O–H groups in total. The van der Waals surface area contributed by atoms with Crippen molar-refractivity contribution >= 4 is 11.8 Å². The second-order valence-corrected chi connectivity index (χ2v) is 3.47. The van der Waals surface area contributed by atoms with E-state index in [-0.39, 0.29) is 18.7 Å². The molecular formula is C10H16N4O3. The van der Waals surface area contributed by atoms with Crippen molar-refractivity contribution in [3.05, 3.63) is 12.1 Å². The van der Waals surface area contributed by atoms with E-state index in [0.717, 1.165) is 0 Å². The molecule has 0 saturated carbocycles. The molecular weight excluding hydrogens is 224 g/mol. The van der Waals surface area contributed by atoms with Gasteiger partial charge in [0, 0.05) is 18.7 Å². The number of hydrogen-bond acceptors (Lipinski definition) is 5. The highest BCUT2D eigenvalue weighted by atomic mass is 16.5. The molecule has 17 heavy (non-hydrogen) atoms. The fourth-order valence-electron chi connectivity index (χ4n) is 1.14. The number of methoxy groups -OCH3 is 1. The minimum atomic E-state index is -0.384. The summed E-state index contributed by atoms with van der Waals surface area (Å²) in [7, 11) is 1.49. The maximum Gasteiger partial charge on any atom is 0.320 e. The fourth-order valence-corrected chi connectivity index (χ4v) is 1.14. The molecule has 2 amide bonds. The third-order valence-electron chi connectivity index (χ3n) is 2.03. The van der Waals surface area contributed by atoms with Crippen molar-refractivity contribution in [2.45, 2.75) is 19.4 Å². The highest BCUT2D eigenvalue weighted by Gasteiger charge is 2.07. The van der Waals surface area contributed by atoms with Gasteiger partial charge in [0.15, 0.2) is 5.82 Å². The lowest BCUT2D eigenvalue weighted by Gasteiger charge is -2.12. The standard InChI is InChI=1S/C10H16N4O3/c1-7(5-6-15)11-10(16)12-8-3-4-9(17-2)14-13-8/h3-4,7,15H,5-6H2,1-2H3,(H2,11,12,13,16)/t7-/m1/s1. The molecule has 7 nitrogen and oxygen atoms in total. The average molecular weight is 240 g/mol. The van der Waals surface area contributed by atoms with Gasteiger partial charge in [-0.1, -0.05) is 0 Å². The lowest BCUT2D eigenvalue weighted by atomic mass is 10.2. The Bertz CT molecular complexity index is 355. The Labute approximate surface area is 99.2 Å². The summed E-state index contributed by atoms with van der Waals surface area (Å²) in [5.41, 5.74) is 0. The molecule has 1 aromatic heterocycles. The predicted octanol–water partition coefficient (Wildman–Crippen LogP) is 0.378. The number of ether oxygens (including phenoxy) is 1. The summed E-state index contributed by atoms with van der Waals surface area (Å²) < 4.78 is 4.84. The first-order chi connectivity index (χ1) is 8.15. The van der Waals surface area contributed by atoms with Gasteiger partial charge in [-0.25, -0.2) is 4.79 Å². The van der Waals surface area contributed by atoms with Crippen molar-refractivity contribution in [3.8, 4) is 5.88 Å². The number of nitrogens with one attached hydrogen (secondary N) is 2. The van der Waals surface area contributed by atoms with Crippen molar-refractivity contribution < 1.29 is 14.6 Å². The second kappa shape index (κ2) is 6.64. The molecule has 1 rings (SSSR count). The smallest absolute Gasteiger partial charge is 0.320 e. The SMILES string of the molecule is COc1ccc(NC(=O)N[C@H](C)CCO)nn1. The maximum absolute atomic E-state index is 11.4. The molecule has 1 heterocycles. The van der Waals surface area contributed by atoms with Crippen LogP contribution in [0.5, 0.6) is 5.88 Å². The van der Waals surface area contributed by atoms with Crippen LogP contribution in [-0.4, -0.2) is 41.1 Å². The number of aliphatic hydroxyl groups is 1. The number of anilines is 1. The van der Waals surface area contributed by atoms with E-state index in [1.807, 2.05) is 0 Å². The van der Waals surface area contributed by atoms with Gasteiger partial charge in [-0.3, -0.25) is 5.32 Å². The van der Waals surface area contributed by atoms with Gasteiger partial charge in [0.05, 0.1) is 7.11 Å². The van der Waals surface area contributed by atoms with Crippen LogP contribution < -0.4 is 15.4 Å². The molecule has 0 aliphatic heterocycles. The summed E-state index contributed by atoms with van der Waals surface area (Å²) in [6, 6.07) is 2.69. The van der Waals surface area contributed by atoms with Crippen LogP contribution in [0.2, 0.25) is 0 Å². The first kappa shape index (κ1) is 13.2. The van der Waals surface area contributed by atoms with Gasteiger partial charge in [0.1, 0.15) is 0 Å². The first-order valence-electron chi connectivity index (χ1n) is 5.21. The van der Waals surface area contributed by atoms with E-state index in [9.17, 15) is 4.79 Å².